The van der Waals surface area contributed by atoms with Gasteiger partial charge in [-0.25, -0.2) is 4.98 Å². The molecule has 0 bridgehead atoms. The van der Waals surface area contributed by atoms with Gasteiger partial charge in [-0.2, -0.15) is 0 Å². The Morgan fingerprint density at radius 2 is 2.05 bits per heavy atom. The van der Waals surface area contributed by atoms with Gasteiger partial charge in [0.25, 0.3) is 5.91 Å². The summed E-state index contributed by atoms with van der Waals surface area (Å²) in [5, 5.41) is 1.11. The summed E-state index contributed by atoms with van der Waals surface area (Å²) in [6.45, 7) is 2.56. The fourth-order valence-electron chi connectivity index (χ4n) is 1.85. The van der Waals surface area contributed by atoms with Gasteiger partial charge in [-0.1, -0.05) is 24.3 Å². The van der Waals surface area contributed by atoms with Crippen LogP contribution in [0.4, 0.5) is 0 Å². The number of carbonyl (C=O) groups is 1. The second kappa shape index (κ2) is 6.02. The Bertz CT molecular complexity index is 583. The monoisotopic (exact) mass is 276 g/mol. The molecule has 0 radical (unpaired) electrons. The minimum Gasteiger partial charge on any atom is -0.340 e. The molecular weight excluding hydrogens is 260 g/mol. The maximum Gasteiger partial charge on any atom is 0.272 e. The number of aromatic nitrogens is 1. The molecular formula is C15H17ClN2O. The third-order valence-corrected chi connectivity index (χ3v) is 3.24. The Morgan fingerprint density at radius 1 is 1.32 bits per heavy atom. The first kappa shape index (κ1) is 13.8. The van der Waals surface area contributed by atoms with Crippen LogP contribution < -0.4 is 0 Å². The number of nitrogens with zero attached hydrogens (tertiary/aromatic N) is 2. The van der Waals surface area contributed by atoms with E-state index in [9.17, 15) is 4.79 Å². The standard InChI is InChI=1S/C15H17ClN2O/c1-11(16)9-10-18(2)15(19)14-8-7-12-5-3-4-6-13(12)17-14/h3-8,11H,9-10H2,1-2H3. The van der Waals surface area contributed by atoms with Crippen molar-refractivity contribution >= 4 is 28.4 Å². The van der Waals surface area contributed by atoms with E-state index in [1.807, 2.05) is 37.3 Å². The average molecular weight is 277 g/mol. The van der Waals surface area contributed by atoms with E-state index >= 15 is 0 Å². The van der Waals surface area contributed by atoms with E-state index in [2.05, 4.69) is 4.98 Å². The molecule has 1 aromatic carbocycles. The van der Waals surface area contributed by atoms with E-state index < -0.39 is 0 Å². The number of carbonyl (C=O) groups excluding carboxylic acids is 1. The van der Waals surface area contributed by atoms with Gasteiger partial charge in [-0.15, -0.1) is 11.6 Å². The van der Waals surface area contributed by atoms with Crippen LogP contribution in [0.1, 0.15) is 23.8 Å². The zero-order chi connectivity index (χ0) is 13.8. The minimum absolute atomic E-state index is 0.0666. The van der Waals surface area contributed by atoms with Crippen LogP contribution in [0.15, 0.2) is 36.4 Å². The van der Waals surface area contributed by atoms with Crippen molar-refractivity contribution in [3.8, 4) is 0 Å². The van der Waals surface area contributed by atoms with E-state index in [1.54, 1.807) is 18.0 Å². The summed E-state index contributed by atoms with van der Waals surface area (Å²) >= 11 is 5.90. The molecule has 4 heteroatoms. The number of para-hydroxylation sites is 1. The predicted molar refractivity (Wildman–Crippen MR) is 78.6 cm³/mol. The van der Waals surface area contributed by atoms with E-state index in [0.717, 1.165) is 17.3 Å². The first-order valence-electron chi connectivity index (χ1n) is 6.33. The van der Waals surface area contributed by atoms with Crippen LogP contribution in [-0.2, 0) is 0 Å². The van der Waals surface area contributed by atoms with Crippen molar-refractivity contribution in [2.75, 3.05) is 13.6 Å². The van der Waals surface area contributed by atoms with Gasteiger partial charge in [-0.3, -0.25) is 4.79 Å². The van der Waals surface area contributed by atoms with Gasteiger partial charge in [0.1, 0.15) is 5.69 Å². The summed E-state index contributed by atoms with van der Waals surface area (Å²) in [5.74, 6) is -0.0666. The molecule has 0 aliphatic rings. The molecule has 0 aliphatic carbocycles. The Labute approximate surface area is 118 Å². The molecule has 0 aliphatic heterocycles. The number of fused-ring (bicyclic) bond motifs is 1. The Morgan fingerprint density at radius 3 is 2.79 bits per heavy atom. The highest BCUT2D eigenvalue weighted by molar-refractivity contribution is 6.20. The smallest absolute Gasteiger partial charge is 0.272 e. The van der Waals surface area contributed by atoms with Gasteiger partial charge in [0, 0.05) is 24.4 Å². The highest BCUT2D eigenvalue weighted by atomic mass is 35.5. The molecule has 1 heterocycles. The Balaban J connectivity index is 2.16. The van der Waals surface area contributed by atoms with Crippen molar-refractivity contribution in [2.24, 2.45) is 0 Å². The van der Waals surface area contributed by atoms with Crippen LogP contribution in [0.3, 0.4) is 0 Å². The lowest BCUT2D eigenvalue weighted by atomic mass is 10.2. The zero-order valence-electron chi connectivity index (χ0n) is 11.1. The number of halogens is 1. The van der Waals surface area contributed by atoms with Gasteiger partial charge < -0.3 is 4.90 Å². The molecule has 1 atom stereocenters. The van der Waals surface area contributed by atoms with E-state index in [1.165, 1.54) is 0 Å². The lowest BCUT2D eigenvalue weighted by Gasteiger charge is -2.17. The third-order valence-electron chi connectivity index (χ3n) is 3.03. The van der Waals surface area contributed by atoms with Crippen molar-refractivity contribution in [1.29, 1.82) is 0 Å². The van der Waals surface area contributed by atoms with Crippen LogP contribution >= 0.6 is 11.6 Å². The summed E-state index contributed by atoms with van der Waals surface area (Å²) in [4.78, 5) is 18.3. The maximum atomic E-state index is 12.2. The molecule has 1 aromatic heterocycles. The third kappa shape index (κ3) is 3.44. The van der Waals surface area contributed by atoms with Crippen LogP contribution in [-0.4, -0.2) is 34.8 Å². The molecule has 1 amide bonds. The molecule has 1 unspecified atom stereocenters. The van der Waals surface area contributed by atoms with Gasteiger partial charge in [-0.05, 0) is 25.5 Å². The summed E-state index contributed by atoms with van der Waals surface area (Å²) in [7, 11) is 1.78. The highest BCUT2D eigenvalue weighted by Gasteiger charge is 2.13. The van der Waals surface area contributed by atoms with Crippen LogP contribution in [0.25, 0.3) is 10.9 Å². The average Bonchev–Trinajstić information content (AvgIpc) is 2.43. The number of amides is 1. The summed E-state index contributed by atoms with van der Waals surface area (Å²) < 4.78 is 0. The highest BCUT2D eigenvalue weighted by Crippen LogP contribution is 2.13. The SMILES string of the molecule is CC(Cl)CCN(C)C(=O)c1ccc2ccccc2n1. The van der Waals surface area contributed by atoms with Gasteiger partial charge in [0.05, 0.1) is 5.52 Å². The fourth-order valence-corrected chi connectivity index (χ4v) is 1.95. The molecule has 100 valence electrons. The first-order chi connectivity index (χ1) is 9.08. The number of hydrogen-bond acceptors (Lipinski definition) is 2. The van der Waals surface area contributed by atoms with Crippen molar-refractivity contribution in [3.63, 3.8) is 0 Å². The molecule has 19 heavy (non-hydrogen) atoms. The topological polar surface area (TPSA) is 33.2 Å². The summed E-state index contributed by atoms with van der Waals surface area (Å²) in [6, 6.07) is 11.5. The van der Waals surface area contributed by atoms with Gasteiger partial charge in [0.15, 0.2) is 0 Å². The van der Waals surface area contributed by atoms with E-state index in [0.29, 0.717) is 12.2 Å². The Hall–Kier alpha value is -1.61. The molecule has 0 saturated carbocycles. The lowest BCUT2D eigenvalue weighted by Crippen LogP contribution is -2.29. The summed E-state index contributed by atoms with van der Waals surface area (Å²) in [6.07, 6.45) is 0.775. The van der Waals surface area contributed by atoms with Crippen molar-refractivity contribution in [1.82, 2.24) is 9.88 Å². The van der Waals surface area contributed by atoms with Crippen molar-refractivity contribution < 1.29 is 4.79 Å². The van der Waals surface area contributed by atoms with Crippen molar-refractivity contribution in [2.45, 2.75) is 18.7 Å². The molecule has 2 rings (SSSR count). The van der Waals surface area contributed by atoms with Crippen LogP contribution in [0, 0.1) is 0 Å². The first-order valence-corrected chi connectivity index (χ1v) is 6.77. The molecule has 2 aromatic rings. The Kier molecular flexibility index (Phi) is 4.38. The number of pyridine rings is 1. The van der Waals surface area contributed by atoms with E-state index in [-0.39, 0.29) is 11.3 Å². The number of hydrogen-bond donors (Lipinski definition) is 0. The zero-order valence-corrected chi connectivity index (χ0v) is 11.9. The number of alkyl halides is 1. The normalized spacial score (nSPS) is 12.4. The van der Waals surface area contributed by atoms with Gasteiger partial charge in [0.2, 0.25) is 0 Å². The number of benzene rings is 1. The van der Waals surface area contributed by atoms with Crippen LogP contribution in [0.5, 0.6) is 0 Å². The predicted octanol–water partition coefficient (Wildman–Crippen LogP) is 3.32. The fraction of sp³-hybridized carbons (Fsp3) is 0.333. The molecule has 3 nitrogen and oxygen atoms in total. The molecule has 0 saturated heterocycles. The molecule has 0 fully saturated rings. The summed E-state index contributed by atoms with van der Waals surface area (Å²) in [5.41, 5.74) is 1.32. The quantitative estimate of drug-likeness (QED) is 0.803. The van der Waals surface area contributed by atoms with Crippen molar-refractivity contribution in [3.05, 3.63) is 42.1 Å². The number of rotatable bonds is 4. The largest absolute Gasteiger partial charge is 0.340 e. The van der Waals surface area contributed by atoms with Gasteiger partial charge >= 0.3 is 0 Å². The second-order valence-corrected chi connectivity index (χ2v) is 5.43. The van der Waals surface area contributed by atoms with Crippen LogP contribution in [0.2, 0.25) is 0 Å². The minimum atomic E-state index is -0.0666. The molecule has 0 spiro atoms. The maximum absolute atomic E-state index is 12.2. The second-order valence-electron chi connectivity index (χ2n) is 4.69. The lowest BCUT2D eigenvalue weighted by molar-refractivity contribution is 0.0788. The van der Waals surface area contributed by atoms with E-state index in [4.69, 9.17) is 11.6 Å². The molecule has 0 N–H and O–H groups in total.